The van der Waals surface area contributed by atoms with Gasteiger partial charge in [0.1, 0.15) is 5.82 Å². The molecule has 1 amide bonds. The fourth-order valence-corrected chi connectivity index (χ4v) is 4.78. The lowest BCUT2D eigenvalue weighted by Crippen LogP contribution is -2.26. The number of carbonyl (C=O) groups excluding carboxylic acids is 1. The Bertz CT molecular complexity index is 1840. The van der Waals surface area contributed by atoms with E-state index in [-0.39, 0.29) is 24.2 Å². The number of carboxylic acid groups (broad SMARTS) is 1. The summed E-state index contributed by atoms with van der Waals surface area (Å²) in [5.41, 5.74) is 1.78. The average molecular weight is 611 g/mol. The van der Waals surface area contributed by atoms with Crippen LogP contribution in [-0.2, 0) is 11.0 Å². The van der Waals surface area contributed by atoms with Crippen LogP contribution in [0, 0.1) is 5.82 Å². The van der Waals surface area contributed by atoms with E-state index < -0.39 is 35.5 Å². The minimum absolute atomic E-state index is 0.0156. The van der Waals surface area contributed by atoms with Crippen molar-refractivity contribution in [3.8, 4) is 22.5 Å². The fourth-order valence-electron chi connectivity index (χ4n) is 4.61. The molecular formula is C31H23ClF4N4O3. The van der Waals surface area contributed by atoms with Crippen LogP contribution in [-0.4, -0.2) is 38.3 Å². The molecule has 0 saturated carbocycles. The molecule has 220 valence electrons. The molecule has 0 spiro atoms. The number of nitrogens with zero attached hydrogens (tertiary/aromatic N) is 3. The lowest BCUT2D eigenvalue weighted by Gasteiger charge is -2.17. The Balaban J connectivity index is 1.54. The molecule has 1 atom stereocenters. The van der Waals surface area contributed by atoms with Crippen LogP contribution in [0.2, 0.25) is 5.02 Å². The van der Waals surface area contributed by atoms with Gasteiger partial charge in [0.25, 0.3) is 5.91 Å². The summed E-state index contributed by atoms with van der Waals surface area (Å²) in [4.78, 5) is 27.6. The molecule has 0 fully saturated rings. The Hall–Kier alpha value is -4.77. The van der Waals surface area contributed by atoms with Crippen molar-refractivity contribution >= 4 is 34.4 Å². The normalized spacial score (nSPS) is 12.3. The Morgan fingerprint density at radius 3 is 2.44 bits per heavy atom. The number of pyridine rings is 1. The minimum Gasteiger partial charge on any atom is -0.481 e. The molecule has 0 aliphatic carbocycles. The van der Waals surface area contributed by atoms with Gasteiger partial charge in [-0.15, -0.1) is 0 Å². The number of halogens is 5. The van der Waals surface area contributed by atoms with Crippen molar-refractivity contribution in [1.82, 2.24) is 20.1 Å². The Morgan fingerprint density at radius 1 is 1.02 bits per heavy atom. The number of hydrogen-bond acceptors (Lipinski definition) is 4. The van der Waals surface area contributed by atoms with Gasteiger partial charge in [-0.05, 0) is 67.1 Å². The molecule has 1 unspecified atom stereocenters. The van der Waals surface area contributed by atoms with E-state index in [0.29, 0.717) is 33.4 Å². The molecular weight excluding hydrogens is 588 g/mol. The molecule has 2 aromatic heterocycles. The molecule has 2 N–H and O–H groups in total. The summed E-state index contributed by atoms with van der Waals surface area (Å²) in [6.07, 6.45) is -3.30. The highest BCUT2D eigenvalue weighted by Crippen LogP contribution is 2.36. The number of carboxylic acids is 1. The van der Waals surface area contributed by atoms with Crippen LogP contribution in [0.3, 0.4) is 0 Å². The van der Waals surface area contributed by atoms with E-state index in [0.717, 1.165) is 23.1 Å². The number of hydrogen-bond donors (Lipinski definition) is 2. The van der Waals surface area contributed by atoms with E-state index in [4.69, 9.17) is 16.7 Å². The Labute approximate surface area is 247 Å². The van der Waals surface area contributed by atoms with E-state index in [1.54, 1.807) is 59.4 Å². The SMILES string of the molecule is CC(c1ccc(C(=O)NCCC(=O)O)cc1)n1nc(-c2ccc(C(F)(F)F)cc2F)cc1-c1cnc2cc(Cl)ccc2c1. The first-order valence-corrected chi connectivity index (χ1v) is 13.4. The number of aromatic nitrogens is 3. The van der Waals surface area contributed by atoms with Crippen LogP contribution >= 0.6 is 11.6 Å². The van der Waals surface area contributed by atoms with E-state index in [2.05, 4.69) is 15.4 Å². The Morgan fingerprint density at radius 2 is 1.77 bits per heavy atom. The third kappa shape index (κ3) is 6.51. The van der Waals surface area contributed by atoms with Crippen LogP contribution in [0.15, 0.2) is 79.0 Å². The van der Waals surface area contributed by atoms with Gasteiger partial charge in [-0.3, -0.25) is 19.3 Å². The molecule has 2 heterocycles. The number of fused-ring (bicyclic) bond motifs is 1. The summed E-state index contributed by atoms with van der Waals surface area (Å²) in [6.45, 7) is 1.82. The first kappa shape index (κ1) is 29.7. The van der Waals surface area contributed by atoms with Gasteiger partial charge in [0.15, 0.2) is 0 Å². The van der Waals surface area contributed by atoms with E-state index in [1.807, 2.05) is 13.0 Å². The maximum atomic E-state index is 15.0. The van der Waals surface area contributed by atoms with Crippen LogP contribution in [0.5, 0.6) is 0 Å². The lowest BCUT2D eigenvalue weighted by atomic mass is 10.0. The zero-order chi connectivity index (χ0) is 30.9. The standard InChI is InChI=1S/C31H23ClF4N4O3/c1-17(18-2-4-19(5-3-18)30(43)37-11-10-29(41)42)40-28(21-12-20-6-8-23(32)14-26(20)38-16-21)15-27(39-40)24-9-7-22(13-25(24)33)31(34,35)36/h2-9,12-17H,10-11H2,1H3,(H,37,43)(H,41,42). The average Bonchev–Trinajstić information content (AvgIpc) is 3.41. The molecule has 0 bridgehead atoms. The van der Waals surface area contributed by atoms with E-state index >= 15 is 0 Å². The highest BCUT2D eigenvalue weighted by atomic mass is 35.5. The number of alkyl halides is 3. The molecule has 5 rings (SSSR count). The maximum absolute atomic E-state index is 15.0. The summed E-state index contributed by atoms with van der Waals surface area (Å²) in [5, 5.41) is 17.2. The second-order valence-electron chi connectivity index (χ2n) is 9.81. The van der Waals surface area contributed by atoms with Crippen LogP contribution < -0.4 is 5.32 Å². The smallest absolute Gasteiger partial charge is 0.416 e. The van der Waals surface area contributed by atoms with E-state index in [9.17, 15) is 27.2 Å². The summed E-state index contributed by atoms with van der Waals surface area (Å²) >= 11 is 6.09. The lowest BCUT2D eigenvalue weighted by molar-refractivity contribution is -0.138. The molecule has 0 aliphatic rings. The first-order valence-electron chi connectivity index (χ1n) is 13.0. The van der Waals surface area contributed by atoms with Crippen molar-refractivity contribution in [1.29, 1.82) is 0 Å². The van der Waals surface area contributed by atoms with Gasteiger partial charge in [-0.2, -0.15) is 18.3 Å². The monoisotopic (exact) mass is 610 g/mol. The number of rotatable bonds is 8. The second kappa shape index (κ2) is 11.8. The molecule has 43 heavy (non-hydrogen) atoms. The van der Waals surface area contributed by atoms with Gasteiger partial charge < -0.3 is 10.4 Å². The topological polar surface area (TPSA) is 97.1 Å². The number of nitrogens with one attached hydrogen (secondary N) is 1. The van der Waals surface area contributed by atoms with Gasteiger partial charge in [0.05, 0.1) is 34.9 Å². The summed E-state index contributed by atoms with van der Waals surface area (Å²) in [5.74, 6) is -2.52. The Kier molecular flexibility index (Phi) is 8.19. The predicted molar refractivity (Wildman–Crippen MR) is 153 cm³/mol. The van der Waals surface area contributed by atoms with Gasteiger partial charge >= 0.3 is 12.1 Å². The van der Waals surface area contributed by atoms with Crippen molar-refractivity contribution in [3.05, 3.63) is 107 Å². The zero-order valence-corrected chi connectivity index (χ0v) is 23.2. The first-order chi connectivity index (χ1) is 20.4. The van der Waals surface area contributed by atoms with E-state index in [1.165, 1.54) is 0 Å². The van der Waals surface area contributed by atoms with Crippen LogP contribution in [0.25, 0.3) is 33.4 Å². The van der Waals surface area contributed by atoms with Gasteiger partial charge in [0, 0.05) is 39.8 Å². The third-order valence-corrected chi connectivity index (χ3v) is 7.13. The van der Waals surface area contributed by atoms with Gasteiger partial charge in [-0.1, -0.05) is 29.8 Å². The molecule has 3 aromatic carbocycles. The summed E-state index contributed by atoms with van der Waals surface area (Å²) < 4.78 is 56.1. The summed E-state index contributed by atoms with van der Waals surface area (Å²) in [6, 6.07) is 17.1. The highest BCUT2D eigenvalue weighted by Gasteiger charge is 2.31. The molecule has 0 saturated heterocycles. The highest BCUT2D eigenvalue weighted by molar-refractivity contribution is 6.31. The number of amides is 1. The van der Waals surface area contributed by atoms with Crippen molar-refractivity contribution in [2.45, 2.75) is 25.6 Å². The number of carbonyl (C=O) groups is 2. The molecule has 12 heteroatoms. The van der Waals surface area contributed by atoms with Crippen molar-refractivity contribution in [3.63, 3.8) is 0 Å². The largest absolute Gasteiger partial charge is 0.481 e. The van der Waals surface area contributed by atoms with Gasteiger partial charge in [0.2, 0.25) is 0 Å². The zero-order valence-electron chi connectivity index (χ0n) is 22.5. The van der Waals surface area contributed by atoms with Crippen LogP contribution in [0.4, 0.5) is 17.6 Å². The molecule has 5 aromatic rings. The third-order valence-electron chi connectivity index (χ3n) is 6.90. The minimum atomic E-state index is -4.70. The second-order valence-corrected chi connectivity index (χ2v) is 10.2. The molecule has 7 nitrogen and oxygen atoms in total. The predicted octanol–water partition coefficient (Wildman–Crippen LogP) is 7.39. The number of benzene rings is 3. The van der Waals surface area contributed by atoms with Crippen LogP contribution in [0.1, 0.15) is 40.9 Å². The maximum Gasteiger partial charge on any atom is 0.416 e. The number of aliphatic carboxylic acids is 1. The van der Waals surface area contributed by atoms with Crippen molar-refractivity contribution < 1.29 is 32.3 Å². The van der Waals surface area contributed by atoms with Gasteiger partial charge in [-0.25, -0.2) is 4.39 Å². The molecule has 0 aliphatic heterocycles. The van der Waals surface area contributed by atoms with Crippen molar-refractivity contribution in [2.24, 2.45) is 0 Å². The molecule has 0 radical (unpaired) electrons. The van der Waals surface area contributed by atoms with Crippen molar-refractivity contribution in [2.75, 3.05) is 6.54 Å². The fraction of sp³-hybridized carbons (Fsp3) is 0.161. The quantitative estimate of drug-likeness (QED) is 0.179. The summed E-state index contributed by atoms with van der Waals surface area (Å²) in [7, 11) is 0.